The van der Waals surface area contributed by atoms with Crippen molar-refractivity contribution in [2.45, 2.75) is 6.54 Å². The quantitative estimate of drug-likeness (QED) is 0.803. The van der Waals surface area contributed by atoms with Gasteiger partial charge in [0.1, 0.15) is 0 Å². The number of nitrogens with one attached hydrogen (secondary N) is 1. The highest BCUT2D eigenvalue weighted by atomic mass is 35.5. The number of nitrogens with zero attached hydrogens (tertiary/aromatic N) is 3. The van der Waals surface area contributed by atoms with Gasteiger partial charge in [-0.1, -0.05) is 29.3 Å². The second kappa shape index (κ2) is 5.79. The predicted octanol–water partition coefficient (Wildman–Crippen LogP) is 2.91. The number of rotatable bonds is 4. The first-order chi connectivity index (χ1) is 10.1. The van der Waals surface area contributed by atoms with E-state index in [0.29, 0.717) is 28.8 Å². The minimum Gasteiger partial charge on any atom is -0.383 e. The molecule has 2 aromatic heterocycles. The summed E-state index contributed by atoms with van der Waals surface area (Å²) in [6.07, 6.45) is 1.70. The number of pyridine rings is 1. The number of hydrogen-bond donors (Lipinski definition) is 1. The second-order valence-electron chi connectivity index (χ2n) is 4.52. The van der Waals surface area contributed by atoms with Gasteiger partial charge in [0.2, 0.25) is 0 Å². The van der Waals surface area contributed by atoms with E-state index in [1.165, 1.54) is 9.08 Å². The van der Waals surface area contributed by atoms with E-state index in [0.717, 1.165) is 5.69 Å². The highest BCUT2D eigenvalue weighted by molar-refractivity contribution is 6.35. The Morgan fingerprint density at radius 1 is 1.14 bits per heavy atom. The zero-order valence-electron chi connectivity index (χ0n) is 11.0. The first kappa shape index (κ1) is 14.0. The van der Waals surface area contributed by atoms with Crippen molar-refractivity contribution in [2.75, 3.05) is 11.9 Å². The van der Waals surface area contributed by atoms with Crippen LogP contribution in [0.25, 0.3) is 5.65 Å². The second-order valence-corrected chi connectivity index (χ2v) is 5.39. The molecule has 1 aromatic carbocycles. The largest absolute Gasteiger partial charge is 0.383 e. The van der Waals surface area contributed by atoms with E-state index in [-0.39, 0.29) is 5.69 Å². The highest BCUT2D eigenvalue weighted by Crippen LogP contribution is 2.22. The maximum Gasteiger partial charge on any atom is 0.350 e. The highest BCUT2D eigenvalue weighted by Gasteiger charge is 2.05. The molecular formula is C14H12Cl2N4O. The van der Waals surface area contributed by atoms with Crippen LogP contribution in [0.1, 0.15) is 0 Å². The van der Waals surface area contributed by atoms with Gasteiger partial charge in [0.25, 0.3) is 0 Å². The Hall–Kier alpha value is -1.98. The molecular weight excluding hydrogens is 311 g/mol. The normalized spacial score (nSPS) is 11.0. The van der Waals surface area contributed by atoms with Crippen LogP contribution in [-0.2, 0) is 6.54 Å². The van der Waals surface area contributed by atoms with Crippen molar-refractivity contribution >= 4 is 34.5 Å². The Balaban J connectivity index is 1.72. The van der Waals surface area contributed by atoms with E-state index < -0.39 is 0 Å². The summed E-state index contributed by atoms with van der Waals surface area (Å²) in [5, 5.41) is 8.55. The molecule has 0 bridgehead atoms. The van der Waals surface area contributed by atoms with Crippen molar-refractivity contribution in [3.05, 3.63) is 63.1 Å². The molecule has 21 heavy (non-hydrogen) atoms. The number of anilines is 1. The monoisotopic (exact) mass is 322 g/mol. The SMILES string of the molecule is O=c1n(CCNc2cc(Cl)cc(Cl)c2)nc2ccccn12. The van der Waals surface area contributed by atoms with Gasteiger partial charge in [0, 0.05) is 28.5 Å². The zero-order valence-corrected chi connectivity index (χ0v) is 12.5. The summed E-state index contributed by atoms with van der Waals surface area (Å²) in [4.78, 5) is 12.1. The lowest BCUT2D eigenvalue weighted by molar-refractivity contribution is 0.614. The predicted molar refractivity (Wildman–Crippen MR) is 84.4 cm³/mol. The summed E-state index contributed by atoms with van der Waals surface area (Å²) in [5.41, 5.74) is 1.29. The number of benzene rings is 1. The third kappa shape index (κ3) is 3.04. The topological polar surface area (TPSA) is 51.3 Å². The third-order valence-corrected chi connectivity index (χ3v) is 3.44. The van der Waals surface area contributed by atoms with Gasteiger partial charge in [-0.2, -0.15) is 0 Å². The Bertz CT molecular complexity index is 820. The summed E-state index contributed by atoms with van der Waals surface area (Å²) in [5.74, 6) is 0. The van der Waals surface area contributed by atoms with Crippen molar-refractivity contribution in [1.82, 2.24) is 14.2 Å². The first-order valence-corrected chi connectivity index (χ1v) is 7.13. The summed E-state index contributed by atoms with van der Waals surface area (Å²) in [6.45, 7) is 0.991. The number of fused-ring (bicyclic) bond motifs is 1. The van der Waals surface area contributed by atoms with Gasteiger partial charge < -0.3 is 5.32 Å². The van der Waals surface area contributed by atoms with Gasteiger partial charge in [0.15, 0.2) is 5.65 Å². The maximum absolute atomic E-state index is 12.1. The van der Waals surface area contributed by atoms with Gasteiger partial charge >= 0.3 is 5.69 Å². The molecule has 0 aliphatic heterocycles. The zero-order chi connectivity index (χ0) is 14.8. The molecule has 0 atom stereocenters. The van der Waals surface area contributed by atoms with Crippen LogP contribution in [0.4, 0.5) is 5.69 Å². The van der Waals surface area contributed by atoms with Crippen LogP contribution in [-0.4, -0.2) is 20.7 Å². The molecule has 0 fully saturated rings. The molecule has 0 saturated heterocycles. The van der Waals surface area contributed by atoms with Gasteiger partial charge in [0.05, 0.1) is 6.54 Å². The fourth-order valence-electron chi connectivity index (χ4n) is 2.08. The van der Waals surface area contributed by atoms with Crippen LogP contribution < -0.4 is 11.0 Å². The van der Waals surface area contributed by atoms with Crippen molar-refractivity contribution in [3.63, 3.8) is 0 Å². The fraction of sp³-hybridized carbons (Fsp3) is 0.143. The first-order valence-electron chi connectivity index (χ1n) is 6.38. The Kier molecular flexibility index (Phi) is 3.86. The van der Waals surface area contributed by atoms with Crippen molar-refractivity contribution in [1.29, 1.82) is 0 Å². The van der Waals surface area contributed by atoms with Crippen LogP contribution in [0.15, 0.2) is 47.4 Å². The number of hydrogen-bond acceptors (Lipinski definition) is 3. The molecule has 0 amide bonds. The third-order valence-electron chi connectivity index (χ3n) is 3.00. The molecule has 1 N–H and O–H groups in total. The van der Waals surface area contributed by atoms with Crippen LogP contribution in [0, 0.1) is 0 Å². The molecule has 2 heterocycles. The minimum atomic E-state index is -0.156. The average Bonchev–Trinajstić information content (AvgIpc) is 2.75. The molecule has 7 heteroatoms. The molecule has 3 aromatic rings. The van der Waals surface area contributed by atoms with Crippen molar-refractivity contribution in [2.24, 2.45) is 0 Å². The van der Waals surface area contributed by atoms with Crippen molar-refractivity contribution < 1.29 is 0 Å². The molecule has 5 nitrogen and oxygen atoms in total. The number of halogens is 2. The van der Waals surface area contributed by atoms with Gasteiger partial charge in [-0.25, -0.2) is 9.48 Å². The van der Waals surface area contributed by atoms with Gasteiger partial charge in [-0.05, 0) is 30.3 Å². The van der Waals surface area contributed by atoms with Crippen LogP contribution in [0.3, 0.4) is 0 Å². The number of aromatic nitrogens is 3. The molecule has 108 valence electrons. The van der Waals surface area contributed by atoms with E-state index in [9.17, 15) is 4.79 Å². The Morgan fingerprint density at radius 2 is 1.90 bits per heavy atom. The molecule has 0 unspecified atom stereocenters. The van der Waals surface area contributed by atoms with E-state index in [2.05, 4.69) is 10.4 Å². The molecule has 0 aliphatic carbocycles. The van der Waals surface area contributed by atoms with E-state index in [1.807, 2.05) is 6.07 Å². The van der Waals surface area contributed by atoms with Crippen molar-refractivity contribution in [3.8, 4) is 0 Å². The van der Waals surface area contributed by atoms with Crippen LogP contribution in [0.2, 0.25) is 10.0 Å². The average molecular weight is 323 g/mol. The van der Waals surface area contributed by atoms with E-state index >= 15 is 0 Å². The fourth-order valence-corrected chi connectivity index (χ4v) is 2.60. The maximum atomic E-state index is 12.1. The summed E-state index contributed by atoms with van der Waals surface area (Å²) in [7, 11) is 0. The summed E-state index contributed by atoms with van der Waals surface area (Å²) in [6, 6.07) is 10.7. The van der Waals surface area contributed by atoms with Gasteiger partial charge in [-0.3, -0.25) is 4.40 Å². The lowest BCUT2D eigenvalue weighted by atomic mass is 10.3. The standard InChI is InChI=1S/C14H12Cl2N4O/c15-10-7-11(16)9-12(8-10)17-4-6-20-14(21)19-5-2-1-3-13(19)18-20/h1-3,5,7-9,17H,4,6H2. The molecule has 3 rings (SSSR count). The van der Waals surface area contributed by atoms with E-state index in [1.54, 1.807) is 36.5 Å². The summed E-state index contributed by atoms with van der Waals surface area (Å²) >= 11 is 11.9. The molecule has 0 saturated carbocycles. The van der Waals surface area contributed by atoms with Crippen LogP contribution >= 0.6 is 23.2 Å². The summed E-state index contributed by atoms with van der Waals surface area (Å²) < 4.78 is 2.94. The molecule has 0 radical (unpaired) electrons. The molecule has 0 aliphatic rings. The smallest absolute Gasteiger partial charge is 0.350 e. The minimum absolute atomic E-state index is 0.156. The lowest BCUT2D eigenvalue weighted by Crippen LogP contribution is -2.24. The molecule has 0 spiro atoms. The van der Waals surface area contributed by atoms with E-state index in [4.69, 9.17) is 23.2 Å². The Labute approximate surface area is 130 Å². The lowest BCUT2D eigenvalue weighted by Gasteiger charge is -2.06. The van der Waals surface area contributed by atoms with Gasteiger partial charge in [-0.15, -0.1) is 5.10 Å². The Morgan fingerprint density at radius 3 is 2.62 bits per heavy atom. The van der Waals surface area contributed by atoms with Crippen LogP contribution in [0.5, 0.6) is 0 Å².